The van der Waals surface area contributed by atoms with Crippen molar-refractivity contribution in [1.82, 2.24) is 4.57 Å². The van der Waals surface area contributed by atoms with Gasteiger partial charge in [0.2, 0.25) is 0 Å². The lowest BCUT2D eigenvalue weighted by Crippen LogP contribution is -2.29. The van der Waals surface area contributed by atoms with Gasteiger partial charge in [0.25, 0.3) is 5.56 Å². The second kappa shape index (κ2) is 8.54. The predicted octanol–water partition coefficient (Wildman–Crippen LogP) is 5.90. The number of phenolic OH excluding ortho intramolecular Hbond substituents is 1. The van der Waals surface area contributed by atoms with Crippen LogP contribution in [0.1, 0.15) is 53.1 Å². The van der Waals surface area contributed by atoms with E-state index in [1.165, 1.54) is 22.8 Å². The van der Waals surface area contributed by atoms with Gasteiger partial charge in [-0.1, -0.05) is 37.6 Å². The van der Waals surface area contributed by atoms with Crippen LogP contribution in [0.5, 0.6) is 5.75 Å². The van der Waals surface area contributed by atoms with Gasteiger partial charge in [-0.05, 0) is 66.3 Å². The van der Waals surface area contributed by atoms with Gasteiger partial charge in [0.1, 0.15) is 17.4 Å². The number of halogens is 3. The molecule has 3 aromatic rings. The SMILES string of the molecule is Cc1ccc(Cn2c(-c3ccc(O)c(C(C)C)c3)cc(C(F)(F)F)c(C#N)c2=O)c(C)c1. The van der Waals surface area contributed by atoms with Crippen molar-refractivity contribution in [2.45, 2.75) is 46.3 Å². The summed E-state index contributed by atoms with van der Waals surface area (Å²) < 4.78 is 42.3. The summed E-state index contributed by atoms with van der Waals surface area (Å²) in [6.45, 7) is 7.48. The van der Waals surface area contributed by atoms with Crippen LogP contribution >= 0.6 is 0 Å². The van der Waals surface area contributed by atoms with Crippen molar-refractivity contribution in [3.8, 4) is 23.1 Å². The van der Waals surface area contributed by atoms with E-state index in [2.05, 4.69) is 0 Å². The molecule has 3 rings (SSSR count). The molecule has 0 fully saturated rings. The number of aromatic nitrogens is 1. The highest BCUT2D eigenvalue weighted by atomic mass is 19.4. The number of phenols is 1. The van der Waals surface area contributed by atoms with Crippen LogP contribution in [0, 0.1) is 25.2 Å². The maximum absolute atomic E-state index is 13.7. The highest BCUT2D eigenvalue weighted by Crippen LogP contribution is 2.36. The summed E-state index contributed by atoms with van der Waals surface area (Å²) in [6.07, 6.45) is -4.87. The minimum absolute atomic E-state index is 0.00495. The van der Waals surface area contributed by atoms with Crippen LogP contribution in [0.25, 0.3) is 11.3 Å². The number of benzene rings is 2. The Bertz CT molecular complexity index is 1280. The Labute approximate surface area is 184 Å². The summed E-state index contributed by atoms with van der Waals surface area (Å²) >= 11 is 0. The highest BCUT2D eigenvalue weighted by molar-refractivity contribution is 5.65. The van der Waals surface area contributed by atoms with Crippen LogP contribution in [0.3, 0.4) is 0 Å². The van der Waals surface area contributed by atoms with Gasteiger partial charge in [-0.25, -0.2) is 0 Å². The maximum Gasteiger partial charge on any atom is 0.417 e. The Hall–Kier alpha value is -3.53. The van der Waals surface area contributed by atoms with Crippen LogP contribution in [0.4, 0.5) is 13.2 Å². The van der Waals surface area contributed by atoms with E-state index < -0.39 is 22.9 Å². The summed E-state index contributed by atoms with van der Waals surface area (Å²) in [5.41, 5.74) is 0.378. The fourth-order valence-corrected chi connectivity index (χ4v) is 3.74. The first-order valence-corrected chi connectivity index (χ1v) is 10.1. The summed E-state index contributed by atoms with van der Waals surface area (Å²) in [5.74, 6) is -0.0633. The molecule has 0 spiro atoms. The van der Waals surface area contributed by atoms with Crippen LogP contribution in [-0.4, -0.2) is 9.67 Å². The predicted molar refractivity (Wildman–Crippen MR) is 117 cm³/mol. The van der Waals surface area contributed by atoms with Gasteiger partial charge >= 0.3 is 6.18 Å². The third kappa shape index (κ3) is 4.40. The van der Waals surface area contributed by atoms with Gasteiger partial charge in [-0.3, -0.25) is 4.79 Å². The first-order chi connectivity index (χ1) is 14.9. The molecule has 1 N–H and O–H groups in total. The monoisotopic (exact) mass is 440 g/mol. The first kappa shape index (κ1) is 23.1. The van der Waals surface area contributed by atoms with Crippen molar-refractivity contribution in [2.75, 3.05) is 0 Å². The number of rotatable bonds is 4. The van der Waals surface area contributed by atoms with Crippen molar-refractivity contribution in [3.05, 3.63) is 86.2 Å². The number of nitriles is 1. The Morgan fingerprint density at radius 2 is 1.78 bits per heavy atom. The number of aromatic hydroxyl groups is 1. The molecule has 0 bridgehead atoms. The summed E-state index contributed by atoms with van der Waals surface area (Å²) in [6, 6.07) is 12.4. The molecule has 0 aliphatic rings. The molecule has 0 unspecified atom stereocenters. The number of pyridine rings is 1. The minimum atomic E-state index is -4.87. The molecule has 0 aliphatic heterocycles. The van der Waals surface area contributed by atoms with Gasteiger partial charge in [0.05, 0.1) is 17.8 Å². The molecule has 2 aromatic carbocycles. The van der Waals surface area contributed by atoms with Gasteiger partial charge < -0.3 is 9.67 Å². The van der Waals surface area contributed by atoms with E-state index in [1.54, 1.807) is 6.07 Å². The van der Waals surface area contributed by atoms with Crippen molar-refractivity contribution < 1.29 is 18.3 Å². The zero-order chi connectivity index (χ0) is 23.8. The van der Waals surface area contributed by atoms with Crippen molar-refractivity contribution in [3.63, 3.8) is 0 Å². The van der Waals surface area contributed by atoms with E-state index in [4.69, 9.17) is 0 Å². The topological polar surface area (TPSA) is 66.0 Å². The third-order valence-electron chi connectivity index (χ3n) is 5.49. The van der Waals surface area contributed by atoms with E-state index in [0.717, 1.165) is 22.8 Å². The van der Waals surface area contributed by atoms with Crippen LogP contribution in [-0.2, 0) is 12.7 Å². The Morgan fingerprint density at radius 1 is 1.09 bits per heavy atom. The molecule has 0 radical (unpaired) electrons. The normalized spacial score (nSPS) is 11.6. The molecule has 0 atom stereocenters. The lowest BCUT2D eigenvalue weighted by molar-refractivity contribution is -0.137. The molecule has 0 aliphatic carbocycles. The van der Waals surface area contributed by atoms with Gasteiger partial charge in [-0.15, -0.1) is 0 Å². The number of alkyl halides is 3. The zero-order valence-corrected chi connectivity index (χ0v) is 18.2. The van der Waals surface area contributed by atoms with E-state index >= 15 is 0 Å². The van der Waals surface area contributed by atoms with Gasteiger partial charge in [-0.2, -0.15) is 18.4 Å². The summed E-state index contributed by atoms with van der Waals surface area (Å²) in [4.78, 5) is 13.1. The lowest BCUT2D eigenvalue weighted by Gasteiger charge is -2.20. The van der Waals surface area contributed by atoms with Crippen LogP contribution in [0.2, 0.25) is 0 Å². The molecule has 7 heteroatoms. The Morgan fingerprint density at radius 3 is 2.34 bits per heavy atom. The summed E-state index contributed by atoms with van der Waals surface area (Å²) in [5, 5.41) is 19.5. The minimum Gasteiger partial charge on any atom is -0.508 e. The number of aryl methyl sites for hydroxylation is 2. The summed E-state index contributed by atoms with van der Waals surface area (Å²) in [7, 11) is 0. The average Bonchev–Trinajstić information content (AvgIpc) is 2.70. The highest BCUT2D eigenvalue weighted by Gasteiger charge is 2.36. The van der Waals surface area contributed by atoms with Crippen LogP contribution in [0.15, 0.2) is 47.3 Å². The van der Waals surface area contributed by atoms with Crippen molar-refractivity contribution >= 4 is 0 Å². The van der Waals surface area contributed by atoms with E-state index in [1.807, 2.05) is 45.9 Å². The molecule has 0 saturated carbocycles. The molecule has 32 heavy (non-hydrogen) atoms. The van der Waals surface area contributed by atoms with Gasteiger partial charge in [0, 0.05) is 0 Å². The van der Waals surface area contributed by atoms with Crippen molar-refractivity contribution in [2.24, 2.45) is 0 Å². The van der Waals surface area contributed by atoms with E-state index in [0.29, 0.717) is 11.1 Å². The number of hydrogen-bond donors (Lipinski definition) is 1. The molecule has 1 heterocycles. The molecular formula is C25H23F3N2O2. The molecule has 0 saturated heterocycles. The first-order valence-electron chi connectivity index (χ1n) is 10.1. The molecular weight excluding hydrogens is 417 g/mol. The lowest BCUT2D eigenvalue weighted by atomic mass is 9.96. The van der Waals surface area contributed by atoms with Crippen molar-refractivity contribution in [1.29, 1.82) is 5.26 Å². The quantitative estimate of drug-likeness (QED) is 0.549. The third-order valence-corrected chi connectivity index (χ3v) is 5.49. The van der Waals surface area contributed by atoms with E-state index in [9.17, 15) is 28.3 Å². The molecule has 0 amide bonds. The maximum atomic E-state index is 13.7. The standard InChI is InChI=1S/C25H23F3N2O2/c1-14(2)19-10-17(7-8-23(19)31)22-11-21(25(26,27)28)20(12-29)24(32)30(22)13-18-6-5-15(3)9-16(18)4/h5-11,14,31H,13H2,1-4H3. The second-order valence-corrected chi connectivity index (χ2v) is 8.18. The second-order valence-electron chi connectivity index (χ2n) is 8.18. The number of hydrogen-bond acceptors (Lipinski definition) is 3. The van der Waals surface area contributed by atoms with E-state index in [-0.39, 0.29) is 23.9 Å². The Balaban J connectivity index is 2.36. The Kier molecular flexibility index (Phi) is 6.18. The van der Waals surface area contributed by atoms with Gasteiger partial charge in [0.15, 0.2) is 0 Å². The zero-order valence-electron chi connectivity index (χ0n) is 18.2. The molecule has 166 valence electrons. The van der Waals surface area contributed by atoms with Crippen LogP contribution < -0.4 is 5.56 Å². The fourth-order valence-electron chi connectivity index (χ4n) is 3.74. The molecule has 1 aromatic heterocycles. The average molecular weight is 440 g/mol. The smallest absolute Gasteiger partial charge is 0.417 e. The number of nitrogens with zero attached hydrogens (tertiary/aromatic N) is 2. The molecule has 4 nitrogen and oxygen atoms in total. The largest absolute Gasteiger partial charge is 0.508 e. The fraction of sp³-hybridized carbons (Fsp3) is 0.280.